The molecule has 0 saturated carbocycles. The Labute approximate surface area is 202 Å². The fourth-order valence-electron chi connectivity index (χ4n) is 4.56. The standard InChI is InChI=1S/C28H25N3O4/c1-17-6-8-18(9-7-17)26(32)24-25(23-5-3-4-13-29-23)31(28(34)27(24)33)14-12-19-16-30-22-11-10-20(35-2)15-21(19)22/h3-11,13,15-16,25,30,32H,12,14H2,1-2H3/b26-24-. The van der Waals surface area contributed by atoms with E-state index < -0.39 is 17.7 Å². The average Bonchev–Trinajstić information content (AvgIpc) is 3.40. The lowest BCUT2D eigenvalue weighted by atomic mass is 9.98. The number of fused-ring (bicyclic) bond motifs is 1. The molecule has 0 aliphatic carbocycles. The van der Waals surface area contributed by atoms with Gasteiger partial charge in [-0.15, -0.1) is 0 Å². The molecule has 2 aromatic heterocycles. The van der Waals surface area contributed by atoms with Gasteiger partial charge in [0.2, 0.25) is 0 Å². The Morgan fingerprint density at radius 3 is 2.63 bits per heavy atom. The van der Waals surface area contributed by atoms with E-state index >= 15 is 0 Å². The highest BCUT2D eigenvalue weighted by molar-refractivity contribution is 6.46. The zero-order valence-electron chi connectivity index (χ0n) is 19.5. The van der Waals surface area contributed by atoms with Gasteiger partial charge in [-0.3, -0.25) is 14.6 Å². The van der Waals surface area contributed by atoms with Crippen LogP contribution >= 0.6 is 0 Å². The first-order valence-corrected chi connectivity index (χ1v) is 11.4. The molecule has 1 fully saturated rings. The van der Waals surface area contributed by atoms with Crippen LogP contribution in [0.25, 0.3) is 16.7 Å². The zero-order valence-corrected chi connectivity index (χ0v) is 19.5. The Balaban J connectivity index is 1.54. The summed E-state index contributed by atoms with van der Waals surface area (Å²) in [5.41, 5.74) is 4.05. The van der Waals surface area contributed by atoms with Crippen LogP contribution in [0.1, 0.15) is 28.4 Å². The molecule has 2 N–H and O–H groups in total. The number of carbonyl (C=O) groups is 2. The molecule has 1 saturated heterocycles. The highest BCUT2D eigenvalue weighted by atomic mass is 16.5. The Morgan fingerprint density at radius 1 is 1.11 bits per heavy atom. The normalized spacial score (nSPS) is 17.3. The number of nitrogens with zero attached hydrogens (tertiary/aromatic N) is 2. The van der Waals surface area contributed by atoms with Crippen LogP contribution in [0.4, 0.5) is 0 Å². The van der Waals surface area contributed by atoms with E-state index in [1.54, 1.807) is 43.6 Å². The number of aromatic nitrogens is 2. The van der Waals surface area contributed by atoms with Crippen molar-refractivity contribution in [2.75, 3.05) is 13.7 Å². The number of ether oxygens (including phenoxy) is 1. The second-order valence-corrected chi connectivity index (χ2v) is 8.59. The Hall–Kier alpha value is -4.39. The van der Waals surface area contributed by atoms with Gasteiger partial charge in [-0.05, 0) is 49.2 Å². The number of aromatic amines is 1. The molecule has 1 aliphatic rings. The van der Waals surface area contributed by atoms with Crippen molar-refractivity contribution in [1.29, 1.82) is 0 Å². The number of methoxy groups -OCH3 is 1. The van der Waals surface area contributed by atoms with Gasteiger partial charge in [-0.2, -0.15) is 0 Å². The molecule has 1 unspecified atom stereocenters. The number of hydrogen-bond acceptors (Lipinski definition) is 5. The molecule has 7 nitrogen and oxygen atoms in total. The first-order chi connectivity index (χ1) is 17.0. The third-order valence-electron chi connectivity index (χ3n) is 6.43. The zero-order chi connectivity index (χ0) is 24.5. The molecule has 7 heteroatoms. The number of aryl methyl sites for hydroxylation is 1. The number of carbonyl (C=O) groups excluding carboxylic acids is 2. The number of H-pyrrole nitrogens is 1. The maximum Gasteiger partial charge on any atom is 0.295 e. The third-order valence-corrected chi connectivity index (χ3v) is 6.43. The van der Waals surface area contributed by atoms with Gasteiger partial charge >= 0.3 is 0 Å². The Morgan fingerprint density at radius 2 is 1.91 bits per heavy atom. The van der Waals surface area contributed by atoms with Crippen LogP contribution in [0.5, 0.6) is 5.75 Å². The van der Waals surface area contributed by atoms with Crippen molar-refractivity contribution < 1.29 is 19.4 Å². The first-order valence-electron chi connectivity index (χ1n) is 11.4. The number of hydrogen-bond donors (Lipinski definition) is 2. The summed E-state index contributed by atoms with van der Waals surface area (Å²) in [5.74, 6) is -0.810. The molecule has 1 atom stereocenters. The molecule has 2 aromatic carbocycles. The van der Waals surface area contributed by atoms with Gasteiger partial charge in [0.1, 0.15) is 17.6 Å². The van der Waals surface area contributed by atoms with E-state index in [9.17, 15) is 14.7 Å². The number of pyridine rings is 1. The van der Waals surface area contributed by atoms with Gasteiger partial charge in [-0.1, -0.05) is 35.9 Å². The number of Topliss-reactive ketones (excluding diaryl/α,β-unsaturated/α-hetero) is 1. The minimum atomic E-state index is -0.780. The molecule has 5 rings (SSSR count). The highest BCUT2D eigenvalue weighted by Crippen LogP contribution is 2.39. The quantitative estimate of drug-likeness (QED) is 0.247. The molecular weight excluding hydrogens is 442 g/mol. The minimum Gasteiger partial charge on any atom is -0.507 e. The molecule has 0 spiro atoms. The van der Waals surface area contributed by atoms with E-state index in [2.05, 4.69) is 9.97 Å². The summed E-state index contributed by atoms with van der Waals surface area (Å²) in [7, 11) is 1.62. The number of likely N-dealkylation sites (tertiary alicyclic amines) is 1. The highest BCUT2D eigenvalue weighted by Gasteiger charge is 2.46. The van der Waals surface area contributed by atoms with Crippen molar-refractivity contribution in [2.24, 2.45) is 0 Å². The summed E-state index contributed by atoms with van der Waals surface area (Å²) in [4.78, 5) is 35.5. The lowest BCUT2D eigenvalue weighted by Gasteiger charge is -2.24. The van der Waals surface area contributed by atoms with Crippen LogP contribution in [0.3, 0.4) is 0 Å². The number of amides is 1. The van der Waals surface area contributed by atoms with Crippen LogP contribution in [0.15, 0.2) is 78.6 Å². The number of ketones is 1. The monoisotopic (exact) mass is 467 g/mol. The summed E-state index contributed by atoms with van der Waals surface area (Å²) in [5, 5.41) is 12.1. The van der Waals surface area contributed by atoms with Crippen molar-refractivity contribution in [3.05, 3.63) is 101 Å². The predicted molar refractivity (Wildman–Crippen MR) is 133 cm³/mol. The van der Waals surface area contributed by atoms with E-state index in [1.165, 1.54) is 4.90 Å². The van der Waals surface area contributed by atoms with Crippen LogP contribution < -0.4 is 4.74 Å². The number of rotatable bonds is 6. The average molecular weight is 468 g/mol. The molecule has 0 bridgehead atoms. The van der Waals surface area contributed by atoms with E-state index in [-0.39, 0.29) is 17.9 Å². The summed E-state index contributed by atoms with van der Waals surface area (Å²) >= 11 is 0. The number of aliphatic hydroxyl groups excluding tert-OH is 1. The third kappa shape index (κ3) is 4.05. The molecule has 1 amide bonds. The topological polar surface area (TPSA) is 95.5 Å². The van der Waals surface area contributed by atoms with Crippen molar-refractivity contribution in [2.45, 2.75) is 19.4 Å². The van der Waals surface area contributed by atoms with Gasteiger partial charge < -0.3 is 19.7 Å². The maximum absolute atomic E-state index is 13.2. The summed E-state index contributed by atoms with van der Waals surface area (Å²) in [6, 6.07) is 17.5. The lowest BCUT2D eigenvalue weighted by molar-refractivity contribution is -0.139. The van der Waals surface area contributed by atoms with Gasteiger partial charge in [0.25, 0.3) is 11.7 Å². The number of benzene rings is 2. The van der Waals surface area contributed by atoms with Crippen molar-refractivity contribution in [1.82, 2.24) is 14.9 Å². The lowest BCUT2D eigenvalue weighted by Crippen LogP contribution is -2.32. The first kappa shape index (κ1) is 22.4. The largest absolute Gasteiger partial charge is 0.507 e. The van der Waals surface area contributed by atoms with Crippen LogP contribution in [-0.2, 0) is 16.0 Å². The summed E-state index contributed by atoms with van der Waals surface area (Å²) in [6.45, 7) is 2.22. The van der Waals surface area contributed by atoms with Crippen molar-refractivity contribution in [3.8, 4) is 5.75 Å². The predicted octanol–water partition coefficient (Wildman–Crippen LogP) is 4.54. The van der Waals surface area contributed by atoms with E-state index in [0.29, 0.717) is 17.7 Å². The van der Waals surface area contributed by atoms with Gasteiger partial charge in [0.05, 0.1) is 18.4 Å². The fourth-order valence-corrected chi connectivity index (χ4v) is 4.56. The minimum absolute atomic E-state index is 0.0538. The van der Waals surface area contributed by atoms with E-state index in [1.807, 2.05) is 43.5 Å². The molecule has 176 valence electrons. The van der Waals surface area contributed by atoms with Gasteiger partial charge in [0, 0.05) is 35.4 Å². The van der Waals surface area contributed by atoms with Crippen LogP contribution in [-0.4, -0.2) is 45.3 Å². The summed E-state index contributed by atoms with van der Waals surface area (Å²) < 4.78 is 5.36. The van der Waals surface area contributed by atoms with E-state index in [0.717, 1.165) is 27.8 Å². The Kier molecular flexibility index (Phi) is 5.82. The van der Waals surface area contributed by atoms with Crippen molar-refractivity contribution >= 4 is 28.4 Å². The van der Waals surface area contributed by atoms with Crippen molar-refractivity contribution in [3.63, 3.8) is 0 Å². The van der Waals surface area contributed by atoms with Crippen LogP contribution in [0.2, 0.25) is 0 Å². The number of aliphatic hydroxyl groups is 1. The fraction of sp³-hybridized carbons (Fsp3) is 0.179. The van der Waals surface area contributed by atoms with Gasteiger partial charge in [0.15, 0.2) is 0 Å². The van der Waals surface area contributed by atoms with E-state index in [4.69, 9.17) is 4.74 Å². The smallest absolute Gasteiger partial charge is 0.295 e. The Bertz CT molecular complexity index is 1440. The molecule has 0 radical (unpaired) electrons. The van der Waals surface area contributed by atoms with Gasteiger partial charge in [-0.25, -0.2) is 0 Å². The molecule has 3 heterocycles. The molecule has 1 aliphatic heterocycles. The molecule has 4 aromatic rings. The molecule has 35 heavy (non-hydrogen) atoms. The summed E-state index contributed by atoms with van der Waals surface area (Å²) in [6.07, 6.45) is 4.03. The SMILES string of the molecule is COc1ccc2[nH]cc(CCN3C(=O)C(=O)/C(=C(\O)c4ccc(C)cc4)C3c3ccccn3)c2c1. The maximum atomic E-state index is 13.2. The second kappa shape index (κ2) is 9.10. The second-order valence-electron chi connectivity index (χ2n) is 8.59. The number of nitrogens with one attached hydrogen (secondary N) is 1. The molecular formula is C28H25N3O4. The van der Waals surface area contributed by atoms with Crippen LogP contribution in [0, 0.1) is 6.92 Å².